The van der Waals surface area contributed by atoms with E-state index in [0.29, 0.717) is 6.42 Å². The maximum absolute atomic E-state index is 11.0. The number of carboxylic acids is 1. The van der Waals surface area contributed by atoms with Crippen molar-refractivity contribution in [3.8, 4) is 0 Å². The van der Waals surface area contributed by atoms with Gasteiger partial charge in [0.05, 0.1) is 4.92 Å². The zero-order chi connectivity index (χ0) is 13.5. The monoisotopic (exact) mass is 254 g/mol. The van der Waals surface area contributed by atoms with Gasteiger partial charge in [0, 0.05) is 0 Å². The highest BCUT2D eigenvalue weighted by molar-refractivity contribution is 5.76. The van der Waals surface area contributed by atoms with Crippen LogP contribution < -0.4 is 5.32 Å². The number of nitrogens with zero attached hydrogens (tertiary/aromatic N) is 3. The number of hydrogen-bond donors (Lipinski definition) is 2. The Balaban J connectivity index is 2.68. The van der Waals surface area contributed by atoms with Crippen LogP contribution in [-0.2, 0) is 4.79 Å². The molecule has 98 valence electrons. The lowest BCUT2D eigenvalue weighted by Crippen LogP contribution is -2.30. The first-order valence-electron chi connectivity index (χ1n) is 5.50. The summed E-state index contributed by atoms with van der Waals surface area (Å²) in [6, 6.07) is -0.786. The van der Waals surface area contributed by atoms with E-state index in [4.69, 9.17) is 5.11 Å². The number of aromatic nitrogens is 2. The van der Waals surface area contributed by atoms with Gasteiger partial charge in [-0.3, -0.25) is 10.1 Å². The molecule has 1 heterocycles. The van der Waals surface area contributed by atoms with Crippen molar-refractivity contribution in [2.45, 2.75) is 32.2 Å². The first-order valence-corrected chi connectivity index (χ1v) is 5.50. The Hall–Kier alpha value is -2.25. The largest absolute Gasteiger partial charge is 0.480 e. The van der Waals surface area contributed by atoms with E-state index in [1.165, 1.54) is 0 Å². The molecule has 1 atom stereocenters. The molecule has 0 saturated carbocycles. The average Bonchev–Trinajstić information content (AvgIpc) is 2.34. The summed E-state index contributed by atoms with van der Waals surface area (Å²) >= 11 is 0. The predicted octanol–water partition coefficient (Wildman–Crippen LogP) is 1.44. The molecule has 1 aromatic heterocycles. The minimum absolute atomic E-state index is 0.0732. The normalized spacial score (nSPS) is 11.8. The quantitative estimate of drug-likeness (QED) is 0.558. The van der Waals surface area contributed by atoms with Crippen molar-refractivity contribution in [1.29, 1.82) is 0 Å². The van der Waals surface area contributed by atoms with Crippen molar-refractivity contribution in [3.63, 3.8) is 0 Å². The molecular formula is C10H14N4O4. The van der Waals surface area contributed by atoms with Gasteiger partial charge >= 0.3 is 11.7 Å². The van der Waals surface area contributed by atoms with Crippen LogP contribution in [0.25, 0.3) is 0 Å². The van der Waals surface area contributed by atoms with Gasteiger partial charge in [-0.1, -0.05) is 19.8 Å². The molecule has 1 aromatic rings. The van der Waals surface area contributed by atoms with Crippen molar-refractivity contribution in [3.05, 3.63) is 22.5 Å². The SMILES string of the molecule is CCCCC(Nc1ncc([N+](=O)[O-])cn1)C(=O)O. The van der Waals surface area contributed by atoms with Crippen LogP contribution >= 0.6 is 0 Å². The van der Waals surface area contributed by atoms with Gasteiger partial charge in [0.15, 0.2) is 0 Å². The maximum atomic E-state index is 11.0. The molecular weight excluding hydrogens is 240 g/mol. The van der Waals surface area contributed by atoms with E-state index in [1.54, 1.807) is 0 Å². The van der Waals surface area contributed by atoms with E-state index < -0.39 is 16.9 Å². The fourth-order valence-electron chi connectivity index (χ4n) is 1.31. The Morgan fingerprint density at radius 2 is 2.17 bits per heavy atom. The Bertz CT molecular complexity index is 420. The number of nitrogens with one attached hydrogen (secondary N) is 1. The highest BCUT2D eigenvalue weighted by atomic mass is 16.6. The van der Waals surface area contributed by atoms with Crippen LogP contribution in [0, 0.1) is 10.1 Å². The molecule has 0 aliphatic heterocycles. The summed E-state index contributed by atoms with van der Waals surface area (Å²) in [5.41, 5.74) is -0.235. The molecule has 0 bridgehead atoms. The Morgan fingerprint density at radius 3 is 2.61 bits per heavy atom. The molecule has 2 N–H and O–H groups in total. The second-order valence-electron chi connectivity index (χ2n) is 3.70. The third-order valence-corrected chi connectivity index (χ3v) is 2.30. The summed E-state index contributed by atoms with van der Waals surface area (Å²) in [5.74, 6) is -0.922. The lowest BCUT2D eigenvalue weighted by Gasteiger charge is -2.13. The summed E-state index contributed by atoms with van der Waals surface area (Å²) in [4.78, 5) is 28.1. The van der Waals surface area contributed by atoms with Crippen molar-refractivity contribution in [2.24, 2.45) is 0 Å². The van der Waals surface area contributed by atoms with Crippen LogP contribution in [0.5, 0.6) is 0 Å². The van der Waals surface area contributed by atoms with Gasteiger partial charge in [-0.25, -0.2) is 14.8 Å². The molecule has 0 saturated heterocycles. The van der Waals surface area contributed by atoms with Gasteiger partial charge in [0.25, 0.3) is 0 Å². The molecule has 0 aliphatic carbocycles. The third kappa shape index (κ3) is 3.96. The van der Waals surface area contributed by atoms with Crippen molar-refractivity contribution >= 4 is 17.6 Å². The minimum Gasteiger partial charge on any atom is -0.480 e. The van der Waals surface area contributed by atoms with Gasteiger partial charge < -0.3 is 10.4 Å². The molecule has 1 unspecified atom stereocenters. The van der Waals surface area contributed by atoms with Gasteiger partial charge in [-0.05, 0) is 6.42 Å². The number of carboxylic acid groups (broad SMARTS) is 1. The number of hydrogen-bond acceptors (Lipinski definition) is 6. The number of anilines is 1. The zero-order valence-electron chi connectivity index (χ0n) is 9.87. The number of carbonyl (C=O) groups is 1. The topological polar surface area (TPSA) is 118 Å². The summed E-state index contributed by atoms with van der Waals surface area (Å²) in [7, 11) is 0. The number of rotatable bonds is 7. The standard InChI is InChI=1S/C10H14N4O4/c1-2-3-4-8(9(15)16)13-10-11-5-7(6-12-10)14(17)18/h5-6,8H,2-4H2,1H3,(H,15,16)(H,11,12,13). The smallest absolute Gasteiger partial charge is 0.326 e. The summed E-state index contributed by atoms with van der Waals surface area (Å²) in [6.07, 6.45) is 4.16. The van der Waals surface area contributed by atoms with Crippen LogP contribution in [0.4, 0.5) is 11.6 Å². The van der Waals surface area contributed by atoms with E-state index >= 15 is 0 Å². The molecule has 0 fully saturated rings. The first-order chi connectivity index (χ1) is 8.54. The van der Waals surface area contributed by atoms with E-state index in [9.17, 15) is 14.9 Å². The Labute approximate surface area is 103 Å². The van der Waals surface area contributed by atoms with Crippen LogP contribution in [0.1, 0.15) is 26.2 Å². The van der Waals surface area contributed by atoms with Gasteiger partial charge in [-0.15, -0.1) is 0 Å². The van der Waals surface area contributed by atoms with E-state index in [0.717, 1.165) is 25.2 Å². The number of nitro groups is 1. The highest BCUT2D eigenvalue weighted by Crippen LogP contribution is 2.11. The van der Waals surface area contributed by atoms with E-state index in [-0.39, 0.29) is 11.6 Å². The fourth-order valence-corrected chi connectivity index (χ4v) is 1.31. The minimum atomic E-state index is -0.995. The molecule has 0 aromatic carbocycles. The van der Waals surface area contributed by atoms with Crippen molar-refractivity contribution in [2.75, 3.05) is 5.32 Å². The van der Waals surface area contributed by atoms with Crippen LogP contribution in [0.3, 0.4) is 0 Å². The summed E-state index contributed by atoms with van der Waals surface area (Å²) < 4.78 is 0. The molecule has 18 heavy (non-hydrogen) atoms. The number of aliphatic carboxylic acids is 1. The molecule has 1 rings (SSSR count). The molecule has 0 aliphatic rings. The zero-order valence-corrected chi connectivity index (χ0v) is 9.87. The Kier molecular flexibility index (Phi) is 4.97. The maximum Gasteiger partial charge on any atom is 0.326 e. The van der Waals surface area contributed by atoms with Crippen LogP contribution in [0.15, 0.2) is 12.4 Å². The highest BCUT2D eigenvalue weighted by Gasteiger charge is 2.18. The van der Waals surface area contributed by atoms with E-state index in [1.807, 2.05) is 6.92 Å². The van der Waals surface area contributed by atoms with Crippen molar-refractivity contribution in [1.82, 2.24) is 9.97 Å². The fraction of sp³-hybridized carbons (Fsp3) is 0.500. The molecule has 0 amide bonds. The summed E-state index contributed by atoms with van der Waals surface area (Å²) in [5, 5.41) is 22.0. The van der Waals surface area contributed by atoms with Gasteiger partial charge in [0.1, 0.15) is 18.4 Å². The van der Waals surface area contributed by atoms with Gasteiger partial charge in [0.2, 0.25) is 5.95 Å². The molecule has 8 heteroatoms. The first kappa shape index (κ1) is 13.8. The number of unbranched alkanes of at least 4 members (excludes halogenated alkanes) is 1. The summed E-state index contributed by atoms with van der Waals surface area (Å²) in [6.45, 7) is 1.96. The third-order valence-electron chi connectivity index (χ3n) is 2.30. The lowest BCUT2D eigenvalue weighted by atomic mass is 10.1. The average molecular weight is 254 g/mol. The van der Waals surface area contributed by atoms with Gasteiger partial charge in [-0.2, -0.15) is 0 Å². The Morgan fingerprint density at radius 1 is 1.56 bits per heavy atom. The molecule has 8 nitrogen and oxygen atoms in total. The van der Waals surface area contributed by atoms with Crippen LogP contribution in [-0.4, -0.2) is 32.0 Å². The molecule has 0 spiro atoms. The predicted molar refractivity (Wildman–Crippen MR) is 63.3 cm³/mol. The second kappa shape index (κ2) is 6.48. The van der Waals surface area contributed by atoms with Crippen LogP contribution in [0.2, 0.25) is 0 Å². The van der Waals surface area contributed by atoms with E-state index in [2.05, 4.69) is 15.3 Å². The second-order valence-corrected chi connectivity index (χ2v) is 3.70. The van der Waals surface area contributed by atoms with Crippen molar-refractivity contribution < 1.29 is 14.8 Å². The molecule has 0 radical (unpaired) electrons. The lowest BCUT2D eigenvalue weighted by molar-refractivity contribution is -0.385.